The van der Waals surface area contributed by atoms with Crippen molar-refractivity contribution in [2.45, 2.75) is 26.3 Å². The van der Waals surface area contributed by atoms with Crippen molar-refractivity contribution in [2.24, 2.45) is 0 Å². The second-order valence-corrected chi connectivity index (χ2v) is 3.69. The first-order valence-electron chi connectivity index (χ1n) is 5.88. The molecule has 2 heteroatoms. The summed E-state index contributed by atoms with van der Waals surface area (Å²) in [7, 11) is 0. The molecule has 0 aliphatic rings. The summed E-state index contributed by atoms with van der Waals surface area (Å²) in [5.41, 5.74) is 2.83. The van der Waals surface area contributed by atoms with Crippen LogP contribution in [0, 0.1) is 0 Å². The predicted octanol–water partition coefficient (Wildman–Crippen LogP) is 2.89. The molecule has 2 nitrogen and oxygen atoms in total. The van der Waals surface area contributed by atoms with Crippen LogP contribution in [0.25, 0.3) is 0 Å². The summed E-state index contributed by atoms with van der Waals surface area (Å²) < 4.78 is 5.05. The van der Waals surface area contributed by atoms with Gasteiger partial charge in [0.15, 0.2) is 0 Å². The van der Waals surface area contributed by atoms with E-state index >= 15 is 0 Å². The lowest BCUT2D eigenvalue weighted by Gasteiger charge is -2.08. The third-order valence-electron chi connectivity index (χ3n) is 2.55. The molecule has 16 heavy (non-hydrogen) atoms. The maximum absolute atomic E-state index is 5.05. The van der Waals surface area contributed by atoms with Crippen LogP contribution in [0.4, 0.5) is 0 Å². The second kappa shape index (κ2) is 7.94. The number of aryl methyl sites for hydroxylation is 1. The lowest BCUT2D eigenvalue weighted by Crippen LogP contribution is -2.16. The molecule has 0 aliphatic carbocycles. The van der Waals surface area contributed by atoms with Crippen molar-refractivity contribution in [1.82, 2.24) is 5.32 Å². The molecular weight excluding hydrogens is 198 g/mol. The zero-order chi connectivity index (χ0) is 11.6. The smallest absolute Gasteiger partial charge is 0.0885 e. The fourth-order valence-corrected chi connectivity index (χ4v) is 1.66. The van der Waals surface area contributed by atoms with E-state index < -0.39 is 0 Å². The molecule has 0 bridgehead atoms. The molecule has 0 unspecified atom stereocenters. The van der Waals surface area contributed by atoms with Gasteiger partial charge < -0.3 is 10.1 Å². The Balaban J connectivity index is 2.23. The predicted molar refractivity (Wildman–Crippen MR) is 68.3 cm³/mol. The van der Waals surface area contributed by atoms with Crippen molar-refractivity contribution in [3.63, 3.8) is 0 Å². The minimum atomic E-state index is 0.742. The van der Waals surface area contributed by atoms with E-state index in [4.69, 9.17) is 4.74 Å². The average molecular weight is 219 g/mol. The lowest BCUT2D eigenvalue weighted by molar-refractivity contribution is 0.244. The number of ether oxygens (including phenoxy) is 1. The third-order valence-corrected chi connectivity index (χ3v) is 2.55. The summed E-state index contributed by atoms with van der Waals surface area (Å²) in [5, 5.41) is 3.42. The Bertz CT molecular complexity index is 309. The minimum Gasteiger partial charge on any atom is -0.502 e. The summed E-state index contributed by atoms with van der Waals surface area (Å²) in [6.07, 6.45) is 3.60. The van der Waals surface area contributed by atoms with Crippen LogP contribution in [0.15, 0.2) is 37.1 Å². The van der Waals surface area contributed by atoms with Gasteiger partial charge in [0, 0.05) is 6.54 Å². The second-order valence-electron chi connectivity index (χ2n) is 3.69. The number of benzene rings is 1. The largest absolute Gasteiger partial charge is 0.502 e. The number of hydrogen-bond acceptors (Lipinski definition) is 2. The van der Waals surface area contributed by atoms with Gasteiger partial charge in [-0.1, -0.05) is 37.8 Å². The van der Waals surface area contributed by atoms with Crippen LogP contribution in [0.2, 0.25) is 0 Å². The fourth-order valence-electron chi connectivity index (χ4n) is 1.66. The van der Waals surface area contributed by atoms with Gasteiger partial charge in [-0.05, 0) is 30.5 Å². The van der Waals surface area contributed by atoms with Gasteiger partial charge in [0.2, 0.25) is 0 Å². The fraction of sp³-hybridized carbons (Fsp3) is 0.429. The van der Waals surface area contributed by atoms with E-state index in [9.17, 15) is 0 Å². The molecule has 0 aromatic heterocycles. The molecule has 1 aromatic rings. The van der Waals surface area contributed by atoms with E-state index in [2.05, 4.69) is 43.1 Å². The molecule has 0 fully saturated rings. The van der Waals surface area contributed by atoms with Crippen molar-refractivity contribution >= 4 is 0 Å². The van der Waals surface area contributed by atoms with Gasteiger partial charge >= 0.3 is 0 Å². The van der Waals surface area contributed by atoms with E-state index in [-0.39, 0.29) is 0 Å². The normalized spacial score (nSPS) is 10.1. The van der Waals surface area contributed by atoms with Crippen LogP contribution >= 0.6 is 0 Å². The van der Waals surface area contributed by atoms with Gasteiger partial charge in [-0.3, -0.25) is 0 Å². The van der Waals surface area contributed by atoms with Crippen molar-refractivity contribution in [3.05, 3.63) is 48.2 Å². The lowest BCUT2D eigenvalue weighted by atomic mass is 10.1. The van der Waals surface area contributed by atoms with E-state index in [0.29, 0.717) is 0 Å². The molecule has 0 radical (unpaired) electrons. The van der Waals surface area contributed by atoms with Gasteiger partial charge in [-0.2, -0.15) is 0 Å². The Labute approximate surface area is 98.3 Å². The van der Waals surface area contributed by atoms with Crippen LogP contribution < -0.4 is 5.32 Å². The van der Waals surface area contributed by atoms with Gasteiger partial charge in [-0.15, -0.1) is 0 Å². The molecular formula is C14H21NO. The first kappa shape index (κ1) is 12.8. The SMILES string of the molecule is C=COCCCNCc1ccccc1CC. The molecule has 0 spiro atoms. The molecule has 1 rings (SSSR count). The van der Waals surface area contributed by atoms with Crippen LogP contribution in [0.3, 0.4) is 0 Å². The number of nitrogens with one attached hydrogen (secondary N) is 1. The highest BCUT2D eigenvalue weighted by atomic mass is 16.5. The zero-order valence-electron chi connectivity index (χ0n) is 10.0. The molecule has 0 atom stereocenters. The first-order chi connectivity index (χ1) is 7.88. The van der Waals surface area contributed by atoms with E-state index in [1.54, 1.807) is 0 Å². The summed E-state index contributed by atoms with van der Waals surface area (Å²) in [5.74, 6) is 0. The van der Waals surface area contributed by atoms with Crippen LogP contribution in [0.1, 0.15) is 24.5 Å². The van der Waals surface area contributed by atoms with E-state index in [1.807, 2.05) is 0 Å². The highest BCUT2D eigenvalue weighted by Crippen LogP contribution is 2.08. The highest BCUT2D eigenvalue weighted by molar-refractivity contribution is 5.26. The average Bonchev–Trinajstić information content (AvgIpc) is 2.34. The van der Waals surface area contributed by atoms with Crippen molar-refractivity contribution in [1.29, 1.82) is 0 Å². The third kappa shape index (κ3) is 4.49. The van der Waals surface area contributed by atoms with Gasteiger partial charge in [0.05, 0.1) is 12.9 Å². The first-order valence-corrected chi connectivity index (χ1v) is 5.88. The van der Waals surface area contributed by atoms with Crippen molar-refractivity contribution in [3.8, 4) is 0 Å². The Morgan fingerprint density at radius 1 is 1.31 bits per heavy atom. The van der Waals surface area contributed by atoms with E-state index in [0.717, 1.165) is 32.5 Å². The van der Waals surface area contributed by atoms with Crippen LogP contribution in [0.5, 0.6) is 0 Å². The van der Waals surface area contributed by atoms with Crippen molar-refractivity contribution < 1.29 is 4.74 Å². The van der Waals surface area contributed by atoms with Crippen LogP contribution in [-0.4, -0.2) is 13.2 Å². The molecule has 0 saturated carbocycles. The summed E-state index contributed by atoms with van der Waals surface area (Å²) in [4.78, 5) is 0. The zero-order valence-corrected chi connectivity index (χ0v) is 10.0. The molecule has 0 amide bonds. The number of hydrogen-bond donors (Lipinski definition) is 1. The van der Waals surface area contributed by atoms with E-state index in [1.165, 1.54) is 17.4 Å². The molecule has 88 valence electrons. The summed E-state index contributed by atoms with van der Waals surface area (Å²) >= 11 is 0. The molecule has 1 N–H and O–H groups in total. The Hall–Kier alpha value is -1.28. The highest BCUT2D eigenvalue weighted by Gasteiger charge is 1.98. The van der Waals surface area contributed by atoms with Gasteiger partial charge in [0.1, 0.15) is 0 Å². The quantitative estimate of drug-likeness (QED) is 0.536. The summed E-state index contributed by atoms with van der Waals surface area (Å²) in [6.45, 7) is 8.36. The topological polar surface area (TPSA) is 21.3 Å². The van der Waals surface area contributed by atoms with Gasteiger partial charge in [-0.25, -0.2) is 0 Å². The Kier molecular flexibility index (Phi) is 6.35. The number of rotatable bonds is 8. The summed E-state index contributed by atoms with van der Waals surface area (Å²) in [6, 6.07) is 8.57. The molecule has 0 saturated heterocycles. The maximum Gasteiger partial charge on any atom is 0.0885 e. The van der Waals surface area contributed by atoms with Gasteiger partial charge in [0.25, 0.3) is 0 Å². The molecule has 0 heterocycles. The standard InChI is InChI=1S/C14H21NO/c1-3-13-8-5-6-9-14(13)12-15-10-7-11-16-4-2/h4-6,8-9,15H,2-3,7,10-12H2,1H3. The Morgan fingerprint density at radius 3 is 2.75 bits per heavy atom. The van der Waals surface area contributed by atoms with Crippen LogP contribution in [-0.2, 0) is 17.7 Å². The Morgan fingerprint density at radius 2 is 2.06 bits per heavy atom. The van der Waals surface area contributed by atoms with Crippen molar-refractivity contribution in [2.75, 3.05) is 13.2 Å². The molecule has 1 aromatic carbocycles. The minimum absolute atomic E-state index is 0.742. The maximum atomic E-state index is 5.05. The monoisotopic (exact) mass is 219 g/mol. The molecule has 0 aliphatic heterocycles.